The van der Waals surface area contributed by atoms with E-state index < -0.39 is 0 Å². The summed E-state index contributed by atoms with van der Waals surface area (Å²) in [5.41, 5.74) is 9.00. The third-order valence-corrected chi connectivity index (χ3v) is 3.80. The summed E-state index contributed by atoms with van der Waals surface area (Å²) in [4.78, 5) is 26.1. The minimum Gasteiger partial charge on any atom is -0.326 e. The van der Waals surface area contributed by atoms with Crippen molar-refractivity contribution in [3.8, 4) is 0 Å². The Labute approximate surface area is 123 Å². The summed E-state index contributed by atoms with van der Waals surface area (Å²) in [7, 11) is 0. The molecular weight excluding hydrogens is 264 g/mol. The molecule has 0 bridgehead atoms. The molecule has 2 N–H and O–H groups in total. The number of benzene rings is 2. The summed E-state index contributed by atoms with van der Waals surface area (Å²) in [5, 5.41) is 0. The van der Waals surface area contributed by atoms with Crippen LogP contribution >= 0.6 is 0 Å². The van der Waals surface area contributed by atoms with Crippen molar-refractivity contribution in [1.82, 2.24) is 4.90 Å². The van der Waals surface area contributed by atoms with Gasteiger partial charge in [-0.05, 0) is 22.8 Å². The highest BCUT2D eigenvalue weighted by Crippen LogP contribution is 2.22. The van der Waals surface area contributed by atoms with Crippen LogP contribution in [-0.2, 0) is 24.3 Å². The highest BCUT2D eigenvalue weighted by molar-refractivity contribution is 6.09. The Morgan fingerprint density at radius 1 is 0.952 bits per heavy atom. The molecule has 0 radical (unpaired) electrons. The summed E-state index contributed by atoms with van der Waals surface area (Å²) in [6.45, 7) is 0.669. The van der Waals surface area contributed by atoms with Crippen molar-refractivity contribution in [2.24, 2.45) is 5.73 Å². The predicted octanol–water partition coefficient (Wildman–Crippen LogP) is 1.87. The second-order valence-corrected chi connectivity index (χ2v) is 5.09. The van der Waals surface area contributed by atoms with E-state index in [1.807, 2.05) is 42.5 Å². The lowest BCUT2D eigenvalue weighted by molar-refractivity contribution is -0.128. The molecule has 2 aromatic carbocycles. The SMILES string of the molecule is NCc1ccccc1CN1C(=O)Cc2ccccc2C1=O. The van der Waals surface area contributed by atoms with E-state index in [1.165, 1.54) is 4.90 Å². The fraction of sp³-hybridized carbons (Fsp3) is 0.176. The van der Waals surface area contributed by atoms with Gasteiger partial charge in [0.25, 0.3) is 5.91 Å². The van der Waals surface area contributed by atoms with Gasteiger partial charge in [-0.2, -0.15) is 0 Å². The van der Waals surface area contributed by atoms with Gasteiger partial charge in [0, 0.05) is 12.1 Å². The van der Waals surface area contributed by atoms with Gasteiger partial charge in [0.1, 0.15) is 0 Å². The van der Waals surface area contributed by atoms with Gasteiger partial charge in [-0.1, -0.05) is 42.5 Å². The zero-order valence-electron chi connectivity index (χ0n) is 11.6. The van der Waals surface area contributed by atoms with Crippen LogP contribution in [0.3, 0.4) is 0 Å². The van der Waals surface area contributed by atoms with Crippen LogP contribution in [0.4, 0.5) is 0 Å². The first-order chi connectivity index (χ1) is 10.2. The van der Waals surface area contributed by atoms with Crippen molar-refractivity contribution in [3.05, 3.63) is 70.8 Å². The standard InChI is InChI=1S/C17H16N2O2/c18-10-13-6-1-2-7-14(13)11-19-16(20)9-12-5-3-4-8-15(12)17(19)21/h1-8H,9-11,18H2. The number of carbonyl (C=O) groups is 2. The second kappa shape index (κ2) is 5.50. The molecule has 1 aliphatic heterocycles. The summed E-state index contributed by atoms with van der Waals surface area (Å²) in [6, 6.07) is 14.9. The maximum absolute atomic E-state index is 12.5. The largest absolute Gasteiger partial charge is 0.326 e. The van der Waals surface area contributed by atoms with E-state index >= 15 is 0 Å². The highest BCUT2D eigenvalue weighted by Gasteiger charge is 2.30. The van der Waals surface area contributed by atoms with Crippen LogP contribution in [0.15, 0.2) is 48.5 Å². The van der Waals surface area contributed by atoms with Gasteiger partial charge in [-0.25, -0.2) is 0 Å². The second-order valence-electron chi connectivity index (χ2n) is 5.09. The van der Waals surface area contributed by atoms with E-state index in [2.05, 4.69) is 0 Å². The van der Waals surface area contributed by atoms with E-state index in [0.717, 1.165) is 16.7 Å². The number of amides is 2. The molecule has 0 aromatic heterocycles. The van der Waals surface area contributed by atoms with Gasteiger partial charge in [-0.3, -0.25) is 14.5 Å². The first-order valence-electron chi connectivity index (χ1n) is 6.90. The lowest BCUT2D eigenvalue weighted by atomic mass is 9.97. The zero-order chi connectivity index (χ0) is 14.8. The van der Waals surface area contributed by atoms with E-state index in [9.17, 15) is 9.59 Å². The van der Waals surface area contributed by atoms with Crippen LogP contribution in [0.5, 0.6) is 0 Å². The zero-order valence-corrected chi connectivity index (χ0v) is 11.6. The number of nitrogens with two attached hydrogens (primary N) is 1. The molecule has 3 rings (SSSR count). The molecule has 0 saturated carbocycles. The Balaban J connectivity index is 1.93. The van der Waals surface area contributed by atoms with Crippen LogP contribution in [-0.4, -0.2) is 16.7 Å². The van der Waals surface area contributed by atoms with Crippen LogP contribution < -0.4 is 5.73 Å². The number of carbonyl (C=O) groups excluding carboxylic acids is 2. The first-order valence-corrected chi connectivity index (χ1v) is 6.90. The van der Waals surface area contributed by atoms with Gasteiger partial charge in [0.05, 0.1) is 13.0 Å². The Morgan fingerprint density at radius 2 is 1.62 bits per heavy atom. The van der Waals surface area contributed by atoms with Crippen molar-refractivity contribution in [2.75, 3.05) is 0 Å². The van der Waals surface area contributed by atoms with Gasteiger partial charge in [0.15, 0.2) is 0 Å². The maximum Gasteiger partial charge on any atom is 0.261 e. The maximum atomic E-state index is 12.5. The van der Waals surface area contributed by atoms with Crippen molar-refractivity contribution in [2.45, 2.75) is 19.5 Å². The average molecular weight is 280 g/mol. The Hall–Kier alpha value is -2.46. The minimum absolute atomic E-state index is 0.162. The molecular formula is C17H16N2O2. The molecule has 4 nitrogen and oxygen atoms in total. The Bertz CT molecular complexity index is 709. The molecule has 0 fully saturated rings. The van der Waals surface area contributed by atoms with Crippen molar-refractivity contribution in [1.29, 1.82) is 0 Å². The van der Waals surface area contributed by atoms with E-state index in [1.54, 1.807) is 6.07 Å². The average Bonchev–Trinajstić information content (AvgIpc) is 2.52. The molecule has 1 aliphatic rings. The number of rotatable bonds is 3. The molecule has 2 amide bonds. The molecule has 2 aromatic rings. The molecule has 0 atom stereocenters. The summed E-state index contributed by atoms with van der Waals surface area (Å²) in [5.74, 6) is -0.390. The molecule has 0 aliphatic carbocycles. The van der Waals surface area contributed by atoms with Gasteiger partial charge < -0.3 is 5.73 Å². The quantitative estimate of drug-likeness (QED) is 0.873. The smallest absolute Gasteiger partial charge is 0.261 e. The minimum atomic E-state index is -0.228. The molecule has 4 heteroatoms. The summed E-state index contributed by atoms with van der Waals surface area (Å²) >= 11 is 0. The van der Waals surface area contributed by atoms with Crippen LogP contribution in [0.25, 0.3) is 0 Å². The summed E-state index contributed by atoms with van der Waals surface area (Å²) in [6.07, 6.45) is 0.271. The normalized spacial score (nSPS) is 14.2. The van der Waals surface area contributed by atoms with Gasteiger partial charge in [-0.15, -0.1) is 0 Å². The molecule has 0 spiro atoms. The first kappa shape index (κ1) is 13.5. The third-order valence-electron chi connectivity index (χ3n) is 3.80. The fourth-order valence-electron chi connectivity index (χ4n) is 2.64. The molecule has 0 saturated heterocycles. The third kappa shape index (κ3) is 2.45. The lowest BCUT2D eigenvalue weighted by Crippen LogP contribution is -2.41. The van der Waals surface area contributed by atoms with Crippen LogP contribution in [0, 0.1) is 0 Å². The van der Waals surface area contributed by atoms with Crippen molar-refractivity contribution >= 4 is 11.8 Å². The van der Waals surface area contributed by atoms with Crippen LogP contribution in [0.2, 0.25) is 0 Å². The van der Waals surface area contributed by atoms with E-state index in [0.29, 0.717) is 12.1 Å². The number of fused-ring (bicyclic) bond motifs is 1. The predicted molar refractivity (Wildman–Crippen MR) is 79.4 cm³/mol. The Morgan fingerprint density at radius 3 is 2.38 bits per heavy atom. The van der Waals surface area contributed by atoms with Crippen molar-refractivity contribution < 1.29 is 9.59 Å². The number of hydrogen-bond acceptors (Lipinski definition) is 3. The van der Waals surface area contributed by atoms with Crippen LogP contribution in [0.1, 0.15) is 27.0 Å². The highest BCUT2D eigenvalue weighted by atomic mass is 16.2. The van der Waals surface area contributed by atoms with Gasteiger partial charge in [0.2, 0.25) is 5.91 Å². The van der Waals surface area contributed by atoms with E-state index in [-0.39, 0.29) is 24.8 Å². The fourth-order valence-corrected chi connectivity index (χ4v) is 2.64. The van der Waals surface area contributed by atoms with Gasteiger partial charge >= 0.3 is 0 Å². The molecule has 21 heavy (non-hydrogen) atoms. The number of nitrogens with zero attached hydrogens (tertiary/aromatic N) is 1. The number of imide groups is 1. The van der Waals surface area contributed by atoms with Crippen molar-refractivity contribution in [3.63, 3.8) is 0 Å². The molecule has 106 valence electrons. The monoisotopic (exact) mass is 280 g/mol. The molecule has 0 unspecified atom stereocenters. The molecule has 1 heterocycles. The Kier molecular flexibility index (Phi) is 3.54. The topological polar surface area (TPSA) is 63.4 Å². The lowest BCUT2D eigenvalue weighted by Gasteiger charge is -2.27. The van der Waals surface area contributed by atoms with E-state index in [4.69, 9.17) is 5.73 Å². The number of hydrogen-bond donors (Lipinski definition) is 1. The summed E-state index contributed by atoms with van der Waals surface area (Å²) < 4.78 is 0.